The maximum atomic E-state index is 12.4. The Balaban J connectivity index is 1.88. The van der Waals surface area contributed by atoms with Crippen molar-refractivity contribution in [1.29, 1.82) is 0 Å². The Morgan fingerprint density at radius 1 is 1.00 bits per heavy atom. The van der Waals surface area contributed by atoms with Gasteiger partial charge in [-0.2, -0.15) is 0 Å². The molecule has 0 spiro atoms. The van der Waals surface area contributed by atoms with Gasteiger partial charge in [0.05, 0.1) is 11.1 Å². The Labute approximate surface area is 163 Å². The van der Waals surface area contributed by atoms with Gasteiger partial charge in [-0.25, -0.2) is 0 Å². The van der Waals surface area contributed by atoms with Gasteiger partial charge in [0, 0.05) is 24.2 Å². The van der Waals surface area contributed by atoms with E-state index in [0.29, 0.717) is 5.56 Å². The number of aryl methyl sites for hydroxylation is 2. The van der Waals surface area contributed by atoms with Crippen LogP contribution in [0, 0.1) is 20.8 Å². The lowest BCUT2D eigenvalue weighted by molar-refractivity contribution is 0.0884. The third kappa shape index (κ3) is 5.21. The number of carbonyl (C=O) groups excluding carboxylic acids is 2. The van der Waals surface area contributed by atoms with Crippen molar-refractivity contribution in [2.24, 2.45) is 0 Å². The summed E-state index contributed by atoms with van der Waals surface area (Å²) in [4.78, 5) is 24.5. The third-order valence-corrected chi connectivity index (χ3v) is 4.70. The number of rotatable bonds is 6. The average Bonchev–Trinajstić information content (AvgIpc) is 2.63. The van der Waals surface area contributed by atoms with Crippen LogP contribution in [0.15, 0.2) is 30.3 Å². The van der Waals surface area contributed by atoms with Gasteiger partial charge in [-0.15, -0.1) is 0 Å². The minimum atomic E-state index is -0.954. The van der Waals surface area contributed by atoms with Crippen molar-refractivity contribution in [1.82, 2.24) is 10.6 Å². The van der Waals surface area contributed by atoms with E-state index in [1.54, 1.807) is 0 Å². The van der Waals surface area contributed by atoms with Crippen molar-refractivity contribution in [3.05, 3.63) is 63.2 Å². The smallest absolute Gasteiger partial charge is 0.251 e. The van der Waals surface area contributed by atoms with Gasteiger partial charge in [-0.3, -0.25) is 9.59 Å². The molecule has 0 saturated heterocycles. The van der Waals surface area contributed by atoms with E-state index < -0.39 is 12.0 Å². The minimum Gasteiger partial charge on any atom is -0.506 e. The third-order valence-electron chi connectivity index (χ3n) is 4.38. The predicted octanol–water partition coefficient (Wildman–Crippen LogP) is 2.49. The SMILES string of the molecule is Cc1ccc(C)c(C(=O)NCC(O)CNC(=O)c2ccc(Cl)c(O)c2)c1C. The first-order valence-electron chi connectivity index (χ1n) is 8.50. The number of phenols is 1. The van der Waals surface area contributed by atoms with Crippen LogP contribution in [0.4, 0.5) is 0 Å². The first-order valence-corrected chi connectivity index (χ1v) is 8.88. The summed E-state index contributed by atoms with van der Waals surface area (Å²) in [5.74, 6) is -0.916. The molecular formula is C20H23ClN2O4. The van der Waals surface area contributed by atoms with Crippen molar-refractivity contribution in [2.75, 3.05) is 13.1 Å². The summed E-state index contributed by atoms with van der Waals surface area (Å²) < 4.78 is 0. The summed E-state index contributed by atoms with van der Waals surface area (Å²) in [6, 6.07) is 7.97. The molecule has 0 aliphatic carbocycles. The molecular weight excluding hydrogens is 368 g/mol. The van der Waals surface area contributed by atoms with Crippen molar-refractivity contribution in [3.63, 3.8) is 0 Å². The molecule has 1 unspecified atom stereocenters. The molecule has 144 valence electrons. The van der Waals surface area contributed by atoms with Crippen molar-refractivity contribution < 1.29 is 19.8 Å². The number of hydrogen-bond donors (Lipinski definition) is 4. The van der Waals surface area contributed by atoms with Crippen molar-refractivity contribution >= 4 is 23.4 Å². The van der Waals surface area contributed by atoms with E-state index in [2.05, 4.69) is 10.6 Å². The zero-order valence-corrected chi connectivity index (χ0v) is 16.2. The topological polar surface area (TPSA) is 98.7 Å². The van der Waals surface area contributed by atoms with Crippen LogP contribution in [0.25, 0.3) is 0 Å². The van der Waals surface area contributed by atoms with Gasteiger partial charge >= 0.3 is 0 Å². The number of phenolic OH excluding ortho intramolecular Hbond substituents is 1. The summed E-state index contributed by atoms with van der Waals surface area (Å²) in [5.41, 5.74) is 3.60. The molecule has 2 aromatic rings. The standard InChI is InChI=1S/C20H23ClN2O4/c1-11-4-5-12(2)18(13(11)3)20(27)23-10-15(24)9-22-19(26)14-6-7-16(21)17(25)8-14/h4-8,15,24-25H,9-10H2,1-3H3,(H,22,26)(H,23,27). The summed E-state index contributed by atoms with van der Waals surface area (Å²) >= 11 is 5.70. The van der Waals surface area contributed by atoms with Crippen LogP contribution in [0.3, 0.4) is 0 Å². The van der Waals surface area contributed by atoms with E-state index >= 15 is 0 Å². The molecule has 27 heavy (non-hydrogen) atoms. The summed E-state index contributed by atoms with van der Waals surface area (Å²) in [5, 5.41) is 25.0. The largest absolute Gasteiger partial charge is 0.506 e. The van der Waals surface area contributed by atoms with E-state index in [-0.39, 0.29) is 35.3 Å². The molecule has 0 aliphatic heterocycles. The summed E-state index contributed by atoms with van der Waals surface area (Å²) in [7, 11) is 0. The number of benzene rings is 2. The average molecular weight is 391 g/mol. The predicted molar refractivity (Wildman–Crippen MR) is 104 cm³/mol. The molecule has 6 nitrogen and oxygen atoms in total. The molecule has 0 radical (unpaired) electrons. The Kier molecular flexibility index (Phi) is 6.82. The molecule has 2 amide bonds. The Hall–Kier alpha value is -2.57. The molecule has 0 bridgehead atoms. The van der Waals surface area contributed by atoms with Crippen LogP contribution in [0.5, 0.6) is 5.75 Å². The number of halogens is 1. The fraction of sp³-hybridized carbons (Fsp3) is 0.300. The minimum absolute atomic E-state index is 0.00218. The number of hydrogen-bond acceptors (Lipinski definition) is 4. The van der Waals surface area contributed by atoms with Gasteiger partial charge in [-0.05, 0) is 55.7 Å². The number of aliphatic hydroxyl groups is 1. The van der Waals surface area contributed by atoms with E-state index in [4.69, 9.17) is 11.6 Å². The zero-order chi connectivity index (χ0) is 20.1. The van der Waals surface area contributed by atoms with Crippen LogP contribution in [-0.4, -0.2) is 41.2 Å². The molecule has 0 fully saturated rings. The van der Waals surface area contributed by atoms with Gasteiger partial charge in [0.15, 0.2) is 0 Å². The maximum Gasteiger partial charge on any atom is 0.251 e. The first-order chi connectivity index (χ1) is 12.7. The van der Waals surface area contributed by atoms with E-state index in [1.165, 1.54) is 18.2 Å². The highest BCUT2D eigenvalue weighted by atomic mass is 35.5. The second-order valence-electron chi connectivity index (χ2n) is 6.44. The highest BCUT2D eigenvalue weighted by molar-refractivity contribution is 6.32. The van der Waals surface area contributed by atoms with Crippen LogP contribution in [-0.2, 0) is 0 Å². The summed E-state index contributed by atoms with van der Waals surface area (Å²) in [6.07, 6.45) is -0.954. The summed E-state index contributed by atoms with van der Waals surface area (Å²) in [6.45, 7) is 5.63. The highest BCUT2D eigenvalue weighted by Gasteiger charge is 2.16. The van der Waals surface area contributed by atoms with Gasteiger partial charge in [0.1, 0.15) is 5.75 Å². The second-order valence-corrected chi connectivity index (χ2v) is 6.85. The maximum absolute atomic E-state index is 12.4. The fourth-order valence-corrected chi connectivity index (χ4v) is 2.76. The lowest BCUT2D eigenvalue weighted by Crippen LogP contribution is -2.40. The molecule has 2 rings (SSSR count). The molecule has 4 N–H and O–H groups in total. The molecule has 1 atom stereocenters. The molecule has 7 heteroatoms. The second kappa shape index (κ2) is 8.88. The molecule has 0 aromatic heterocycles. The number of nitrogens with one attached hydrogen (secondary N) is 2. The van der Waals surface area contributed by atoms with Gasteiger partial charge in [0.25, 0.3) is 11.8 Å². The van der Waals surface area contributed by atoms with Gasteiger partial charge in [-0.1, -0.05) is 23.7 Å². The Morgan fingerprint density at radius 3 is 2.22 bits per heavy atom. The van der Waals surface area contributed by atoms with Gasteiger partial charge in [0.2, 0.25) is 0 Å². The van der Waals surface area contributed by atoms with E-state index in [1.807, 2.05) is 32.9 Å². The Morgan fingerprint density at radius 2 is 1.59 bits per heavy atom. The van der Waals surface area contributed by atoms with Crippen LogP contribution >= 0.6 is 11.6 Å². The lowest BCUT2D eigenvalue weighted by atomic mass is 9.98. The van der Waals surface area contributed by atoms with Crippen LogP contribution in [0.1, 0.15) is 37.4 Å². The molecule has 0 aliphatic rings. The number of carbonyl (C=O) groups is 2. The first kappa shape index (κ1) is 20.7. The highest BCUT2D eigenvalue weighted by Crippen LogP contribution is 2.23. The van der Waals surface area contributed by atoms with E-state index in [0.717, 1.165) is 16.7 Å². The quantitative estimate of drug-likeness (QED) is 0.609. The van der Waals surface area contributed by atoms with E-state index in [9.17, 15) is 19.8 Å². The lowest BCUT2D eigenvalue weighted by Gasteiger charge is -2.16. The molecule has 0 heterocycles. The van der Waals surface area contributed by atoms with Crippen molar-refractivity contribution in [3.8, 4) is 5.75 Å². The molecule has 2 aromatic carbocycles. The number of aliphatic hydroxyl groups excluding tert-OH is 1. The van der Waals surface area contributed by atoms with Crippen LogP contribution < -0.4 is 10.6 Å². The normalized spacial score (nSPS) is 11.7. The van der Waals surface area contributed by atoms with Crippen LogP contribution in [0.2, 0.25) is 5.02 Å². The number of aromatic hydroxyl groups is 1. The molecule has 0 saturated carbocycles. The monoisotopic (exact) mass is 390 g/mol. The van der Waals surface area contributed by atoms with Crippen molar-refractivity contribution in [2.45, 2.75) is 26.9 Å². The zero-order valence-electron chi connectivity index (χ0n) is 15.5. The van der Waals surface area contributed by atoms with Gasteiger partial charge < -0.3 is 20.8 Å². The number of amides is 2. The Bertz CT molecular complexity index is 867. The fourth-order valence-electron chi connectivity index (χ4n) is 2.64.